The fourth-order valence-electron chi connectivity index (χ4n) is 3.01. The molecule has 0 aromatic heterocycles. The number of rotatable bonds is 7. The van der Waals surface area contributed by atoms with Crippen molar-refractivity contribution in [3.8, 4) is 17.6 Å². The van der Waals surface area contributed by atoms with Gasteiger partial charge >= 0.3 is 0 Å². The molecule has 1 amide bonds. The molecule has 0 unspecified atom stereocenters. The number of nitrogens with zero attached hydrogens (tertiary/aromatic N) is 2. The Balaban J connectivity index is 1.91. The Kier molecular flexibility index (Phi) is 7.11. The van der Waals surface area contributed by atoms with E-state index < -0.39 is 15.9 Å². The number of ether oxygens (including phenoxy) is 2. The van der Waals surface area contributed by atoms with Crippen molar-refractivity contribution in [3.63, 3.8) is 0 Å². The number of hydrogen-bond acceptors (Lipinski definition) is 6. The van der Waals surface area contributed by atoms with Crippen LogP contribution in [0.4, 0.5) is 11.4 Å². The fourth-order valence-corrected chi connectivity index (χ4v) is 4.49. The van der Waals surface area contributed by atoms with Crippen LogP contribution in [0.3, 0.4) is 0 Å². The summed E-state index contributed by atoms with van der Waals surface area (Å²) in [7, 11) is 0.143. The van der Waals surface area contributed by atoms with E-state index >= 15 is 0 Å². The first-order chi connectivity index (χ1) is 15.7. The minimum atomic E-state index is -4.06. The lowest BCUT2D eigenvalue weighted by atomic mass is 10.2. The molecule has 0 fully saturated rings. The number of sulfonamides is 1. The second kappa shape index (κ2) is 9.81. The number of benzene rings is 3. The molecule has 0 aliphatic rings. The van der Waals surface area contributed by atoms with Crippen molar-refractivity contribution < 1.29 is 22.7 Å². The van der Waals surface area contributed by atoms with Gasteiger partial charge in [0.1, 0.15) is 11.5 Å². The van der Waals surface area contributed by atoms with E-state index in [1.165, 1.54) is 57.7 Å². The number of halogens is 1. The predicted molar refractivity (Wildman–Crippen MR) is 126 cm³/mol. The molecule has 0 radical (unpaired) electrons. The summed E-state index contributed by atoms with van der Waals surface area (Å²) in [6.45, 7) is 0. The number of amides is 1. The van der Waals surface area contributed by atoms with E-state index in [0.717, 1.165) is 4.31 Å². The van der Waals surface area contributed by atoms with E-state index in [1.807, 2.05) is 6.07 Å². The summed E-state index contributed by atoms with van der Waals surface area (Å²) in [5, 5.41) is 11.8. The highest BCUT2D eigenvalue weighted by molar-refractivity contribution is 7.92. The van der Waals surface area contributed by atoms with E-state index in [-0.39, 0.29) is 26.9 Å². The zero-order valence-corrected chi connectivity index (χ0v) is 19.6. The second-order valence-corrected chi connectivity index (χ2v) is 9.18. The van der Waals surface area contributed by atoms with Gasteiger partial charge in [0.25, 0.3) is 15.9 Å². The fraction of sp³-hybridized carbons (Fsp3) is 0.130. The Labute approximate surface area is 197 Å². The minimum Gasteiger partial charge on any atom is -0.495 e. The molecule has 0 aliphatic heterocycles. The number of anilines is 2. The Morgan fingerprint density at radius 3 is 2.30 bits per heavy atom. The van der Waals surface area contributed by atoms with Crippen LogP contribution in [0.25, 0.3) is 0 Å². The summed E-state index contributed by atoms with van der Waals surface area (Å²) < 4.78 is 38.1. The molecule has 1 N–H and O–H groups in total. The van der Waals surface area contributed by atoms with Crippen LogP contribution in [-0.2, 0) is 10.0 Å². The minimum absolute atomic E-state index is 0.0912. The Bertz CT molecular complexity index is 1340. The first-order valence-electron chi connectivity index (χ1n) is 9.53. The molecule has 33 heavy (non-hydrogen) atoms. The van der Waals surface area contributed by atoms with E-state index in [4.69, 9.17) is 26.3 Å². The zero-order chi connectivity index (χ0) is 24.2. The van der Waals surface area contributed by atoms with Gasteiger partial charge in [-0.15, -0.1) is 0 Å². The molecule has 3 rings (SSSR count). The van der Waals surface area contributed by atoms with Crippen molar-refractivity contribution in [2.45, 2.75) is 4.90 Å². The van der Waals surface area contributed by atoms with E-state index in [0.29, 0.717) is 17.0 Å². The SMILES string of the molecule is COc1cc(OC)c(N(C)S(=O)(=O)c2cccc(C(=O)Nc3ccc(C#N)cc3)c2)cc1Cl. The molecule has 0 atom stereocenters. The van der Waals surface area contributed by atoms with Gasteiger partial charge in [-0.2, -0.15) is 5.26 Å². The van der Waals surface area contributed by atoms with Crippen LogP contribution in [0, 0.1) is 11.3 Å². The third-order valence-corrected chi connectivity index (χ3v) is 6.88. The highest BCUT2D eigenvalue weighted by atomic mass is 35.5. The van der Waals surface area contributed by atoms with Crippen molar-refractivity contribution in [2.75, 3.05) is 30.9 Å². The van der Waals surface area contributed by atoms with Gasteiger partial charge in [0, 0.05) is 24.4 Å². The molecule has 0 saturated heterocycles. The Hall–Kier alpha value is -3.74. The van der Waals surface area contributed by atoms with Crippen molar-refractivity contribution in [1.29, 1.82) is 5.26 Å². The second-order valence-electron chi connectivity index (χ2n) is 6.80. The maximum atomic E-state index is 13.3. The first-order valence-corrected chi connectivity index (χ1v) is 11.3. The topological polar surface area (TPSA) is 109 Å². The van der Waals surface area contributed by atoms with Crippen molar-refractivity contribution in [3.05, 3.63) is 76.8 Å². The van der Waals surface area contributed by atoms with Gasteiger partial charge in [0.2, 0.25) is 0 Å². The van der Waals surface area contributed by atoms with E-state index in [1.54, 1.807) is 24.3 Å². The largest absolute Gasteiger partial charge is 0.495 e. The van der Waals surface area contributed by atoms with Crippen LogP contribution in [-0.4, -0.2) is 35.6 Å². The zero-order valence-electron chi connectivity index (χ0n) is 18.0. The highest BCUT2D eigenvalue weighted by Crippen LogP contribution is 2.39. The number of nitrogens with one attached hydrogen (secondary N) is 1. The van der Waals surface area contributed by atoms with E-state index in [2.05, 4.69) is 5.32 Å². The molecule has 3 aromatic carbocycles. The Morgan fingerprint density at radius 1 is 1.03 bits per heavy atom. The quantitative estimate of drug-likeness (QED) is 0.534. The summed E-state index contributed by atoms with van der Waals surface area (Å²) in [4.78, 5) is 12.6. The van der Waals surface area contributed by atoms with Crippen LogP contribution >= 0.6 is 11.6 Å². The van der Waals surface area contributed by atoms with Crippen LogP contribution in [0.2, 0.25) is 5.02 Å². The first kappa shape index (κ1) is 23.9. The van der Waals surface area contributed by atoms with Gasteiger partial charge in [-0.1, -0.05) is 17.7 Å². The lowest BCUT2D eigenvalue weighted by Gasteiger charge is -2.23. The molecule has 170 valence electrons. The van der Waals surface area contributed by atoms with Crippen molar-refractivity contribution in [2.24, 2.45) is 0 Å². The normalized spacial score (nSPS) is 10.8. The lowest BCUT2D eigenvalue weighted by molar-refractivity contribution is 0.102. The molecule has 3 aromatic rings. The molecule has 0 heterocycles. The van der Waals surface area contributed by atoms with Crippen molar-refractivity contribution in [1.82, 2.24) is 0 Å². The number of carbonyl (C=O) groups excluding carboxylic acids is 1. The summed E-state index contributed by atoms with van der Waals surface area (Å²) in [6, 6.07) is 16.9. The smallest absolute Gasteiger partial charge is 0.264 e. The summed E-state index contributed by atoms with van der Waals surface area (Å²) in [6.07, 6.45) is 0. The molecule has 0 bridgehead atoms. The molecule has 10 heteroatoms. The van der Waals surface area contributed by atoms with Gasteiger partial charge in [-0.3, -0.25) is 9.10 Å². The average molecular weight is 486 g/mol. The lowest BCUT2D eigenvalue weighted by Crippen LogP contribution is -2.27. The van der Waals surface area contributed by atoms with Crippen LogP contribution in [0.5, 0.6) is 11.5 Å². The van der Waals surface area contributed by atoms with Gasteiger partial charge in [-0.05, 0) is 48.5 Å². The molecule has 0 aliphatic carbocycles. The van der Waals surface area contributed by atoms with Gasteiger partial charge in [-0.25, -0.2) is 8.42 Å². The highest BCUT2D eigenvalue weighted by Gasteiger charge is 2.26. The number of hydrogen-bond donors (Lipinski definition) is 1. The maximum Gasteiger partial charge on any atom is 0.264 e. The summed E-state index contributed by atoms with van der Waals surface area (Å²) >= 11 is 6.19. The predicted octanol–water partition coefficient (Wildman–Crippen LogP) is 4.31. The van der Waals surface area contributed by atoms with Crippen LogP contribution in [0.1, 0.15) is 15.9 Å². The van der Waals surface area contributed by atoms with Gasteiger partial charge in [0.05, 0.1) is 41.5 Å². The van der Waals surface area contributed by atoms with Crippen LogP contribution < -0.4 is 19.1 Å². The maximum absolute atomic E-state index is 13.3. The van der Waals surface area contributed by atoms with Gasteiger partial charge in [0.15, 0.2) is 0 Å². The molecule has 0 saturated carbocycles. The van der Waals surface area contributed by atoms with Gasteiger partial charge < -0.3 is 14.8 Å². The van der Waals surface area contributed by atoms with Crippen LogP contribution in [0.15, 0.2) is 65.6 Å². The molecular formula is C23H20ClN3O5S. The molecular weight excluding hydrogens is 466 g/mol. The molecule has 8 nitrogen and oxygen atoms in total. The average Bonchev–Trinajstić information content (AvgIpc) is 2.83. The number of methoxy groups -OCH3 is 2. The summed E-state index contributed by atoms with van der Waals surface area (Å²) in [5.74, 6) is 0.0889. The number of carbonyl (C=O) groups is 1. The molecule has 0 spiro atoms. The third kappa shape index (κ3) is 5.03. The number of nitriles is 1. The monoisotopic (exact) mass is 485 g/mol. The van der Waals surface area contributed by atoms with Crippen molar-refractivity contribution >= 4 is 38.9 Å². The van der Waals surface area contributed by atoms with E-state index in [9.17, 15) is 13.2 Å². The summed E-state index contributed by atoms with van der Waals surface area (Å²) in [5.41, 5.74) is 1.28. The Morgan fingerprint density at radius 2 is 1.70 bits per heavy atom. The standard InChI is InChI=1S/C23H20ClN3O5S/c1-27(20-12-19(24)21(31-2)13-22(20)32-3)33(29,30)18-6-4-5-16(11-18)23(28)26-17-9-7-15(14-25)8-10-17/h4-13H,1-3H3,(H,26,28). The third-order valence-electron chi connectivity index (χ3n) is 4.82.